The van der Waals surface area contributed by atoms with E-state index >= 15 is 0 Å². The quantitative estimate of drug-likeness (QED) is 0.872. The molecule has 1 aromatic heterocycles. The van der Waals surface area contributed by atoms with Gasteiger partial charge in [0, 0.05) is 38.6 Å². The van der Waals surface area contributed by atoms with Gasteiger partial charge in [-0.2, -0.15) is 0 Å². The van der Waals surface area contributed by atoms with Crippen LogP contribution in [-0.4, -0.2) is 33.6 Å². The number of hydrogen-bond acceptors (Lipinski definition) is 3. The van der Waals surface area contributed by atoms with E-state index in [-0.39, 0.29) is 11.9 Å². The van der Waals surface area contributed by atoms with Gasteiger partial charge in [0.25, 0.3) is 0 Å². The zero-order valence-corrected chi connectivity index (χ0v) is 13.8. The van der Waals surface area contributed by atoms with Crippen LogP contribution in [0.3, 0.4) is 0 Å². The average molecular weight is 325 g/mol. The van der Waals surface area contributed by atoms with Crippen LogP contribution in [0.1, 0.15) is 36.7 Å². The van der Waals surface area contributed by atoms with E-state index in [9.17, 15) is 4.79 Å². The van der Waals surface area contributed by atoms with Crippen molar-refractivity contribution >= 4 is 5.91 Å². The Morgan fingerprint density at radius 1 is 1.21 bits per heavy atom. The van der Waals surface area contributed by atoms with Crippen LogP contribution in [-0.2, 0) is 22.6 Å². The van der Waals surface area contributed by atoms with Crippen molar-refractivity contribution < 1.29 is 9.53 Å². The maximum atomic E-state index is 13.0. The molecule has 0 unspecified atom stereocenters. The molecular weight excluding hydrogens is 302 g/mol. The van der Waals surface area contributed by atoms with Crippen LogP contribution in [0.15, 0.2) is 42.7 Å². The van der Waals surface area contributed by atoms with E-state index in [2.05, 4.69) is 21.7 Å². The number of carbonyl (C=O) groups is 1. The summed E-state index contributed by atoms with van der Waals surface area (Å²) in [5.41, 5.74) is 1.19. The molecule has 1 aromatic carbocycles. The van der Waals surface area contributed by atoms with Crippen molar-refractivity contribution in [3.63, 3.8) is 0 Å². The smallest absolute Gasteiger partial charge is 0.223 e. The maximum absolute atomic E-state index is 13.0. The predicted molar refractivity (Wildman–Crippen MR) is 90.1 cm³/mol. The number of amides is 1. The van der Waals surface area contributed by atoms with Crippen LogP contribution in [0, 0.1) is 5.92 Å². The van der Waals surface area contributed by atoms with Gasteiger partial charge in [-0.15, -0.1) is 0 Å². The van der Waals surface area contributed by atoms with Gasteiger partial charge in [0.05, 0.1) is 12.6 Å². The highest BCUT2D eigenvalue weighted by Crippen LogP contribution is 2.31. The lowest BCUT2D eigenvalue weighted by molar-refractivity contribution is -0.137. The molecule has 1 amide bonds. The minimum absolute atomic E-state index is 0.0836. The van der Waals surface area contributed by atoms with Gasteiger partial charge >= 0.3 is 0 Å². The summed E-state index contributed by atoms with van der Waals surface area (Å²) in [6.07, 6.45) is 6.43. The van der Waals surface area contributed by atoms with Crippen molar-refractivity contribution in [2.75, 3.05) is 13.2 Å². The number of hydrogen-bond donors (Lipinski definition) is 0. The average Bonchev–Trinajstić information content (AvgIpc) is 3.10. The highest BCUT2D eigenvalue weighted by molar-refractivity contribution is 5.77. The van der Waals surface area contributed by atoms with E-state index in [4.69, 9.17) is 4.74 Å². The number of aromatic nitrogens is 2. The maximum Gasteiger partial charge on any atom is 0.223 e. The lowest BCUT2D eigenvalue weighted by Gasteiger charge is -2.37. The van der Waals surface area contributed by atoms with Crippen LogP contribution in [0.2, 0.25) is 0 Å². The molecule has 0 radical (unpaired) electrons. The number of benzene rings is 1. The summed E-state index contributed by atoms with van der Waals surface area (Å²) in [5.74, 6) is 1.66. The third-order valence-corrected chi connectivity index (χ3v) is 5.17. The van der Waals surface area contributed by atoms with E-state index < -0.39 is 0 Å². The Balaban J connectivity index is 1.57. The van der Waals surface area contributed by atoms with E-state index in [1.54, 1.807) is 0 Å². The predicted octanol–water partition coefficient (Wildman–Crippen LogP) is 2.78. The second kappa shape index (κ2) is 6.77. The molecule has 2 aromatic rings. The first-order valence-corrected chi connectivity index (χ1v) is 8.73. The van der Waals surface area contributed by atoms with Crippen LogP contribution in [0.4, 0.5) is 0 Å². The molecule has 24 heavy (non-hydrogen) atoms. The first-order valence-electron chi connectivity index (χ1n) is 8.73. The molecule has 0 saturated carbocycles. The Kier molecular flexibility index (Phi) is 4.34. The molecule has 3 heterocycles. The van der Waals surface area contributed by atoms with Crippen LogP contribution in [0.25, 0.3) is 0 Å². The van der Waals surface area contributed by atoms with E-state index in [0.717, 1.165) is 38.4 Å². The molecule has 2 aliphatic rings. The number of ether oxygens (including phenoxy) is 1. The Labute approximate surface area is 142 Å². The van der Waals surface area contributed by atoms with E-state index in [0.29, 0.717) is 18.9 Å². The van der Waals surface area contributed by atoms with E-state index in [1.807, 2.05) is 35.5 Å². The first-order chi connectivity index (χ1) is 11.8. The Morgan fingerprint density at radius 3 is 2.79 bits per heavy atom. The number of imidazole rings is 1. The minimum atomic E-state index is 0.0836. The molecular formula is C19H23N3O2. The topological polar surface area (TPSA) is 47.4 Å². The van der Waals surface area contributed by atoms with Crippen LogP contribution in [0.5, 0.6) is 0 Å². The van der Waals surface area contributed by atoms with Gasteiger partial charge in [-0.1, -0.05) is 30.3 Å². The Hall–Kier alpha value is -2.14. The minimum Gasteiger partial charge on any atom is -0.381 e. The van der Waals surface area contributed by atoms with Crippen molar-refractivity contribution in [3.8, 4) is 0 Å². The molecule has 5 nitrogen and oxygen atoms in total. The zero-order chi connectivity index (χ0) is 16.4. The molecule has 2 aliphatic heterocycles. The molecule has 0 N–H and O–H groups in total. The fourth-order valence-corrected chi connectivity index (χ4v) is 3.74. The monoisotopic (exact) mass is 325 g/mol. The van der Waals surface area contributed by atoms with Crippen molar-refractivity contribution in [2.24, 2.45) is 5.92 Å². The molecule has 5 heteroatoms. The van der Waals surface area contributed by atoms with Crippen LogP contribution < -0.4 is 0 Å². The normalized spacial score (nSPS) is 21.5. The first kappa shape index (κ1) is 15.4. The molecule has 1 fully saturated rings. The third-order valence-electron chi connectivity index (χ3n) is 5.17. The fraction of sp³-hybridized carbons (Fsp3) is 0.474. The standard InChI is InChI=1S/C19H23N3O2/c23-19(12-15-6-10-24-11-7-15)22-14-18-20-8-9-21(18)13-17(22)16-4-2-1-3-5-16/h1-5,8-9,15,17H,6-7,10-14H2/t17-/m0/s1. The largest absolute Gasteiger partial charge is 0.381 e. The molecule has 0 spiro atoms. The summed E-state index contributed by atoms with van der Waals surface area (Å²) >= 11 is 0. The number of carbonyl (C=O) groups excluding carboxylic acids is 1. The number of rotatable bonds is 3. The highest BCUT2D eigenvalue weighted by Gasteiger charge is 2.32. The lowest BCUT2D eigenvalue weighted by Crippen LogP contribution is -2.42. The summed E-state index contributed by atoms with van der Waals surface area (Å²) in [7, 11) is 0. The zero-order valence-electron chi connectivity index (χ0n) is 13.8. The Bertz CT molecular complexity index is 692. The lowest BCUT2D eigenvalue weighted by atomic mass is 9.94. The SMILES string of the molecule is O=C(CC1CCOCC1)N1Cc2nccn2C[C@H]1c1ccccc1. The van der Waals surface area contributed by atoms with Gasteiger partial charge in [-0.25, -0.2) is 4.98 Å². The van der Waals surface area contributed by atoms with Gasteiger partial charge in [-0.05, 0) is 24.3 Å². The molecule has 4 rings (SSSR count). The molecule has 1 atom stereocenters. The van der Waals surface area contributed by atoms with Gasteiger partial charge in [0.2, 0.25) is 5.91 Å². The Morgan fingerprint density at radius 2 is 2.00 bits per heavy atom. The van der Waals surface area contributed by atoms with E-state index in [1.165, 1.54) is 5.56 Å². The van der Waals surface area contributed by atoms with Gasteiger partial charge in [0.1, 0.15) is 5.82 Å². The highest BCUT2D eigenvalue weighted by atomic mass is 16.5. The number of fused-ring (bicyclic) bond motifs is 1. The van der Waals surface area contributed by atoms with Gasteiger partial charge in [0.15, 0.2) is 0 Å². The second-order valence-corrected chi connectivity index (χ2v) is 6.70. The van der Waals surface area contributed by atoms with Gasteiger partial charge < -0.3 is 14.2 Å². The second-order valence-electron chi connectivity index (χ2n) is 6.70. The van der Waals surface area contributed by atoms with Crippen LogP contribution >= 0.6 is 0 Å². The summed E-state index contributed by atoms with van der Waals surface area (Å²) < 4.78 is 7.58. The van der Waals surface area contributed by atoms with Crippen molar-refractivity contribution in [1.82, 2.24) is 14.5 Å². The van der Waals surface area contributed by atoms with Crippen molar-refractivity contribution in [3.05, 3.63) is 54.1 Å². The molecule has 0 aliphatic carbocycles. The summed E-state index contributed by atoms with van der Waals surface area (Å²) in [5, 5.41) is 0. The summed E-state index contributed by atoms with van der Waals surface area (Å²) in [6.45, 7) is 2.93. The number of nitrogens with zero attached hydrogens (tertiary/aromatic N) is 3. The van der Waals surface area contributed by atoms with Gasteiger partial charge in [-0.3, -0.25) is 4.79 Å². The molecule has 126 valence electrons. The third kappa shape index (κ3) is 3.08. The van der Waals surface area contributed by atoms with Crippen molar-refractivity contribution in [1.29, 1.82) is 0 Å². The fourth-order valence-electron chi connectivity index (χ4n) is 3.74. The summed E-state index contributed by atoms with van der Waals surface area (Å²) in [6, 6.07) is 10.4. The summed E-state index contributed by atoms with van der Waals surface area (Å²) in [4.78, 5) is 19.5. The molecule has 0 bridgehead atoms. The molecule has 1 saturated heterocycles. The van der Waals surface area contributed by atoms with Crippen molar-refractivity contribution in [2.45, 2.75) is 38.4 Å².